The fourth-order valence-electron chi connectivity index (χ4n) is 1.19. The van der Waals surface area contributed by atoms with Crippen LogP contribution in [0.4, 0.5) is 0 Å². The molecule has 0 rings (SSSR count). The summed E-state index contributed by atoms with van der Waals surface area (Å²) in [5.41, 5.74) is 0. The van der Waals surface area contributed by atoms with Crippen LogP contribution in [0.2, 0.25) is 0 Å². The fourth-order valence-corrected chi connectivity index (χ4v) is 1.19. The number of amides is 1. The minimum atomic E-state index is -0.0801. The van der Waals surface area contributed by atoms with Gasteiger partial charge < -0.3 is 10.6 Å². The summed E-state index contributed by atoms with van der Waals surface area (Å²) >= 11 is 0. The second-order valence-electron chi connectivity index (χ2n) is 4.31. The SMILES string of the molecule is C=CC(=O)NCCCC.CCCCNCCCC. The third-order valence-corrected chi connectivity index (χ3v) is 2.43. The Balaban J connectivity index is 0. The molecule has 0 atom stereocenters. The average molecular weight is 256 g/mol. The van der Waals surface area contributed by atoms with Gasteiger partial charge in [-0.1, -0.05) is 46.6 Å². The second kappa shape index (κ2) is 18.5. The van der Waals surface area contributed by atoms with Gasteiger partial charge in [0.1, 0.15) is 0 Å². The first-order valence-electron chi connectivity index (χ1n) is 7.33. The number of nitrogens with one attached hydrogen (secondary N) is 2. The van der Waals surface area contributed by atoms with E-state index in [0.717, 1.165) is 19.4 Å². The van der Waals surface area contributed by atoms with E-state index in [2.05, 4.69) is 38.0 Å². The van der Waals surface area contributed by atoms with E-state index >= 15 is 0 Å². The normalized spacial score (nSPS) is 9.28. The van der Waals surface area contributed by atoms with Gasteiger partial charge in [-0.25, -0.2) is 0 Å². The lowest BCUT2D eigenvalue weighted by atomic mass is 10.3. The summed E-state index contributed by atoms with van der Waals surface area (Å²) < 4.78 is 0. The quantitative estimate of drug-likeness (QED) is 0.465. The van der Waals surface area contributed by atoms with E-state index < -0.39 is 0 Å². The van der Waals surface area contributed by atoms with Crippen molar-refractivity contribution < 1.29 is 4.79 Å². The molecule has 0 radical (unpaired) electrons. The van der Waals surface area contributed by atoms with Crippen LogP contribution in [0.15, 0.2) is 12.7 Å². The van der Waals surface area contributed by atoms with Gasteiger partial charge in [-0.05, 0) is 38.4 Å². The molecule has 108 valence electrons. The molecule has 0 aromatic rings. The van der Waals surface area contributed by atoms with Crippen LogP contribution in [-0.2, 0) is 4.79 Å². The van der Waals surface area contributed by atoms with Crippen molar-refractivity contribution in [2.45, 2.75) is 59.3 Å². The molecule has 0 fully saturated rings. The molecular formula is C15H32N2O. The van der Waals surface area contributed by atoms with Gasteiger partial charge >= 0.3 is 0 Å². The number of hydrogen-bond acceptors (Lipinski definition) is 2. The zero-order valence-corrected chi connectivity index (χ0v) is 12.6. The highest BCUT2D eigenvalue weighted by Crippen LogP contribution is 1.85. The maximum absolute atomic E-state index is 10.5. The topological polar surface area (TPSA) is 41.1 Å². The molecule has 3 heteroatoms. The van der Waals surface area contributed by atoms with Crippen molar-refractivity contribution in [1.29, 1.82) is 0 Å². The summed E-state index contributed by atoms with van der Waals surface area (Å²) in [6.07, 6.45) is 8.69. The minimum absolute atomic E-state index is 0.0801. The van der Waals surface area contributed by atoms with Crippen LogP contribution < -0.4 is 10.6 Å². The van der Waals surface area contributed by atoms with Crippen molar-refractivity contribution in [3.63, 3.8) is 0 Å². The molecular weight excluding hydrogens is 224 g/mol. The largest absolute Gasteiger partial charge is 0.353 e. The van der Waals surface area contributed by atoms with Crippen molar-refractivity contribution in [1.82, 2.24) is 10.6 Å². The molecule has 0 aromatic carbocycles. The Hall–Kier alpha value is -0.830. The molecule has 18 heavy (non-hydrogen) atoms. The molecule has 3 nitrogen and oxygen atoms in total. The van der Waals surface area contributed by atoms with Gasteiger partial charge in [0, 0.05) is 6.54 Å². The maximum Gasteiger partial charge on any atom is 0.243 e. The number of carbonyl (C=O) groups is 1. The van der Waals surface area contributed by atoms with Crippen LogP contribution in [0.1, 0.15) is 59.3 Å². The molecule has 0 aliphatic carbocycles. The summed E-state index contributed by atoms with van der Waals surface area (Å²) in [5, 5.41) is 6.06. The van der Waals surface area contributed by atoms with Crippen molar-refractivity contribution >= 4 is 5.91 Å². The van der Waals surface area contributed by atoms with E-state index in [9.17, 15) is 4.79 Å². The zero-order valence-electron chi connectivity index (χ0n) is 12.6. The van der Waals surface area contributed by atoms with E-state index in [0.29, 0.717) is 0 Å². The number of unbranched alkanes of at least 4 members (excludes halogenated alkanes) is 3. The van der Waals surface area contributed by atoms with Crippen LogP contribution in [0.3, 0.4) is 0 Å². The third kappa shape index (κ3) is 20.6. The van der Waals surface area contributed by atoms with Crippen LogP contribution >= 0.6 is 0 Å². The van der Waals surface area contributed by atoms with E-state index in [1.165, 1.54) is 44.8 Å². The molecule has 0 aromatic heterocycles. The van der Waals surface area contributed by atoms with Gasteiger partial charge in [-0.15, -0.1) is 0 Å². The molecule has 1 amide bonds. The predicted octanol–water partition coefficient (Wildman–Crippen LogP) is 3.26. The molecule has 0 saturated heterocycles. The Morgan fingerprint density at radius 3 is 1.78 bits per heavy atom. The number of hydrogen-bond donors (Lipinski definition) is 2. The van der Waals surface area contributed by atoms with E-state index in [1.54, 1.807) is 0 Å². The third-order valence-electron chi connectivity index (χ3n) is 2.43. The second-order valence-corrected chi connectivity index (χ2v) is 4.31. The number of carbonyl (C=O) groups excluding carboxylic acids is 1. The Morgan fingerprint density at radius 2 is 1.39 bits per heavy atom. The van der Waals surface area contributed by atoms with Crippen molar-refractivity contribution in [3.05, 3.63) is 12.7 Å². The van der Waals surface area contributed by atoms with Gasteiger partial charge in [-0.3, -0.25) is 4.79 Å². The lowest BCUT2D eigenvalue weighted by Crippen LogP contribution is -2.21. The maximum atomic E-state index is 10.5. The number of rotatable bonds is 10. The molecule has 0 aliphatic rings. The van der Waals surface area contributed by atoms with Gasteiger partial charge in [0.25, 0.3) is 0 Å². The van der Waals surface area contributed by atoms with Crippen molar-refractivity contribution in [2.24, 2.45) is 0 Å². The van der Waals surface area contributed by atoms with Gasteiger partial charge in [-0.2, -0.15) is 0 Å². The summed E-state index contributed by atoms with van der Waals surface area (Å²) in [4.78, 5) is 10.5. The summed E-state index contributed by atoms with van der Waals surface area (Å²) in [6.45, 7) is 13.0. The van der Waals surface area contributed by atoms with Gasteiger partial charge in [0.05, 0.1) is 0 Å². The first-order chi connectivity index (χ1) is 8.72. The standard InChI is InChI=1S/C8H19N.C7H13NO/c1-3-5-7-9-8-6-4-2;1-3-5-6-8-7(9)4-2/h9H,3-8H2,1-2H3;4H,2-3,5-6H2,1H3,(H,8,9). The first-order valence-corrected chi connectivity index (χ1v) is 7.33. The fraction of sp³-hybridized carbons (Fsp3) is 0.800. The van der Waals surface area contributed by atoms with E-state index in [4.69, 9.17) is 0 Å². The Kier molecular flexibility index (Phi) is 20.1. The van der Waals surface area contributed by atoms with Crippen LogP contribution in [0.25, 0.3) is 0 Å². The van der Waals surface area contributed by atoms with Crippen LogP contribution in [0, 0.1) is 0 Å². The highest BCUT2D eigenvalue weighted by atomic mass is 16.1. The summed E-state index contributed by atoms with van der Waals surface area (Å²) in [5.74, 6) is -0.0801. The molecule has 0 bridgehead atoms. The van der Waals surface area contributed by atoms with Crippen LogP contribution in [0.5, 0.6) is 0 Å². The van der Waals surface area contributed by atoms with Crippen LogP contribution in [-0.4, -0.2) is 25.5 Å². The highest BCUT2D eigenvalue weighted by Gasteiger charge is 1.88. The lowest BCUT2D eigenvalue weighted by Gasteiger charge is -1.99. The molecule has 2 N–H and O–H groups in total. The summed E-state index contributed by atoms with van der Waals surface area (Å²) in [7, 11) is 0. The highest BCUT2D eigenvalue weighted by molar-refractivity contribution is 5.86. The first kappa shape index (κ1) is 19.5. The smallest absolute Gasteiger partial charge is 0.243 e. The molecule has 0 aliphatic heterocycles. The Morgan fingerprint density at radius 1 is 0.944 bits per heavy atom. The molecule has 0 spiro atoms. The molecule has 0 unspecified atom stereocenters. The van der Waals surface area contributed by atoms with Gasteiger partial charge in [0.2, 0.25) is 5.91 Å². The molecule has 0 saturated carbocycles. The minimum Gasteiger partial charge on any atom is -0.353 e. The summed E-state index contributed by atoms with van der Waals surface area (Å²) in [6, 6.07) is 0. The van der Waals surface area contributed by atoms with E-state index in [-0.39, 0.29) is 5.91 Å². The zero-order chi connectivity index (χ0) is 14.1. The monoisotopic (exact) mass is 256 g/mol. The van der Waals surface area contributed by atoms with Crippen molar-refractivity contribution in [3.8, 4) is 0 Å². The molecule has 0 heterocycles. The predicted molar refractivity (Wildman–Crippen MR) is 80.8 cm³/mol. The van der Waals surface area contributed by atoms with Gasteiger partial charge in [0.15, 0.2) is 0 Å². The van der Waals surface area contributed by atoms with E-state index in [1.807, 2.05) is 0 Å². The Labute approximate surface area is 113 Å². The lowest BCUT2D eigenvalue weighted by molar-refractivity contribution is -0.116. The average Bonchev–Trinajstić information content (AvgIpc) is 2.39. The van der Waals surface area contributed by atoms with Crippen molar-refractivity contribution in [2.75, 3.05) is 19.6 Å². The Bertz CT molecular complexity index is 175.